The maximum Gasteiger partial charge on any atom is 0.318 e. The van der Waals surface area contributed by atoms with E-state index in [1.165, 1.54) is 0 Å². The minimum atomic E-state index is -0.0956. The lowest BCUT2D eigenvalue weighted by Gasteiger charge is -2.30. The maximum absolute atomic E-state index is 12.5. The molecule has 1 saturated heterocycles. The molecule has 0 spiro atoms. The van der Waals surface area contributed by atoms with Crippen LogP contribution in [0.3, 0.4) is 0 Å². The summed E-state index contributed by atoms with van der Waals surface area (Å²) in [6.07, 6.45) is 0.639. The van der Waals surface area contributed by atoms with E-state index < -0.39 is 0 Å². The number of urea groups is 1. The van der Waals surface area contributed by atoms with Gasteiger partial charge in [-0.05, 0) is 11.6 Å². The van der Waals surface area contributed by atoms with Crippen LogP contribution in [-0.2, 0) is 22.4 Å². The molecule has 0 saturated carbocycles. The molecular weight excluding hydrogens is 298 g/mol. The van der Waals surface area contributed by atoms with Crippen molar-refractivity contribution in [3.63, 3.8) is 0 Å². The van der Waals surface area contributed by atoms with E-state index in [1.54, 1.807) is 12.0 Å². The summed E-state index contributed by atoms with van der Waals surface area (Å²) in [5, 5.41) is 11.5. The van der Waals surface area contributed by atoms with Crippen LogP contribution in [0.4, 0.5) is 10.6 Å². The summed E-state index contributed by atoms with van der Waals surface area (Å²) in [5.74, 6) is 0.801. The fraction of sp³-hybridized carbons (Fsp3) is 0.667. The Hall–Kier alpha value is -1.93. The van der Waals surface area contributed by atoms with Crippen LogP contribution in [0.2, 0.25) is 0 Å². The summed E-state index contributed by atoms with van der Waals surface area (Å²) in [6.45, 7) is 2.19. The molecule has 1 fully saturated rings. The largest absolute Gasteiger partial charge is 0.377 e. The van der Waals surface area contributed by atoms with E-state index in [2.05, 4.69) is 15.5 Å². The molecule has 126 valence electrons. The third-order valence-electron chi connectivity index (χ3n) is 4.31. The number of carbonyl (C=O) groups excluding carboxylic acids is 1. The molecule has 3 rings (SSSR count). The van der Waals surface area contributed by atoms with Crippen LogP contribution >= 0.6 is 0 Å². The Bertz CT molecular complexity index is 580. The molecule has 0 unspecified atom stereocenters. The number of amides is 2. The number of aromatic nitrogens is 2. The van der Waals surface area contributed by atoms with Gasteiger partial charge in [-0.1, -0.05) is 0 Å². The molecule has 2 atom stereocenters. The average Bonchev–Trinajstić information content (AvgIpc) is 3.00. The predicted octanol–water partition coefficient (Wildman–Crippen LogP) is 0.0241. The Morgan fingerprint density at radius 1 is 1.43 bits per heavy atom. The number of methoxy groups -OCH3 is 1. The molecule has 0 radical (unpaired) electrons. The van der Waals surface area contributed by atoms with Crippen LogP contribution in [0, 0.1) is 0 Å². The summed E-state index contributed by atoms with van der Waals surface area (Å²) in [5.41, 5.74) is 2.02. The van der Waals surface area contributed by atoms with Crippen LogP contribution < -0.4 is 10.2 Å². The molecule has 2 amide bonds. The first-order valence-corrected chi connectivity index (χ1v) is 7.77. The van der Waals surface area contributed by atoms with Gasteiger partial charge in [-0.2, -0.15) is 5.10 Å². The fourth-order valence-corrected chi connectivity index (χ4v) is 2.86. The molecule has 1 N–H and O–H groups in total. The molecule has 2 aliphatic rings. The van der Waals surface area contributed by atoms with Crippen LogP contribution in [-0.4, -0.2) is 74.2 Å². The van der Waals surface area contributed by atoms with E-state index in [-0.39, 0.29) is 18.2 Å². The average molecular weight is 321 g/mol. The number of nitrogens with zero attached hydrogens (tertiary/aromatic N) is 4. The smallest absolute Gasteiger partial charge is 0.318 e. The molecule has 0 bridgehead atoms. The first kappa shape index (κ1) is 15.9. The Balaban J connectivity index is 1.66. The molecular formula is C15H23N5O3. The number of hydrogen-bond donors (Lipinski definition) is 1. The zero-order valence-electron chi connectivity index (χ0n) is 13.8. The highest BCUT2D eigenvalue weighted by atomic mass is 16.5. The molecule has 0 aliphatic carbocycles. The van der Waals surface area contributed by atoms with Crippen molar-refractivity contribution in [2.24, 2.45) is 0 Å². The van der Waals surface area contributed by atoms with Crippen molar-refractivity contribution in [2.45, 2.75) is 25.1 Å². The van der Waals surface area contributed by atoms with Gasteiger partial charge in [-0.15, -0.1) is 5.10 Å². The lowest BCUT2D eigenvalue weighted by atomic mass is 10.1. The van der Waals surface area contributed by atoms with Gasteiger partial charge in [-0.25, -0.2) is 4.79 Å². The van der Waals surface area contributed by atoms with Gasteiger partial charge in [0, 0.05) is 40.7 Å². The Kier molecular flexibility index (Phi) is 4.63. The molecule has 23 heavy (non-hydrogen) atoms. The number of anilines is 1. The Morgan fingerprint density at radius 2 is 2.26 bits per heavy atom. The van der Waals surface area contributed by atoms with E-state index >= 15 is 0 Å². The van der Waals surface area contributed by atoms with Gasteiger partial charge >= 0.3 is 6.03 Å². The summed E-state index contributed by atoms with van der Waals surface area (Å²) < 4.78 is 10.7. The second-order valence-electron chi connectivity index (χ2n) is 6.11. The van der Waals surface area contributed by atoms with Crippen molar-refractivity contribution >= 4 is 11.8 Å². The number of hydrogen-bond acceptors (Lipinski definition) is 6. The van der Waals surface area contributed by atoms with Crippen molar-refractivity contribution in [3.05, 3.63) is 17.3 Å². The molecule has 8 nitrogen and oxygen atoms in total. The van der Waals surface area contributed by atoms with E-state index in [4.69, 9.17) is 9.47 Å². The van der Waals surface area contributed by atoms with E-state index in [0.29, 0.717) is 26.3 Å². The topological polar surface area (TPSA) is 79.8 Å². The predicted molar refractivity (Wildman–Crippen MR) is 84.4 cm³/mol. The number of nitrogens with one attached hydrogen (secondary N) is 1. The van der Waals surface area contributed by atoms with Gasteiger partial charge in [0.05, 0.1) is 24.9 Å². The molecule has 2 aliphatic heterocycles. The molecule has 3 heterocycles. The summed E-state index contributed by atoms with van der Waals surface area (Å²) in [7, 11) is 5.49. The minimum Gasteiger partial charge on any atom is -0.377 e. The Labute approximate surface area is 135 Å². The standard InChI is InChI=1S/C15H23N5O3/c1-19(2)14-6-10-7-20(5-4-11(10)17-18-14)15(21)16-12-8-23-9-13(12)22-3/h6,12-13H,4-5,7-9H2,1-3H3,(H,16,21)/t12-,13+/m0/s1. The maximum atomic E-state index is 12.5. The van der Waals surface area contributed by atoms with Crippen LogP contribution in [0.15, 0.2) is 6.07 Å². The van der Waals surface area contributed by atoms with Gasteiger partial charge in [0.25, 0.3) is 0 Å². The SMILES string of the molecule is CO[C@@H]1COC[C@@H]1NC(=O)N1CCc2nnc(N(C)C)cc2C1. The number of carbonyl (C=O) groups is 1. The van der Waals surface area contributed by atoms with E-state index in [1.807, 2.05) is 25.1 Å². The molecule has 1 aromatic heterocycles. The van der Waals surface area contributed by atoms with Crippen LogP contribution in [0.1, 0.15) is 11.3 Å². The zero-order valence-corrected chi connectivity index (χ0v) is 13.8. The molecule has 8 heteroatoms. The van der Waals surface area contributed by atoms with Crippen molar-refractivity contribution in [1.82, 2.24) is 20.4 Å². The van der Waals surface area contributed by atoms with Crippen LogP contribution in [0.25, 0.3) is 0 Å². The fourth-order valence-electron chi connectivity index (χ4n) is 2.86. The second-order valence-corrected chi connectivity index (χ2v) is 6.11. The number of fused-ring (bicyclic) bond motifs is 1. The van der Waals surface area contributed by atoms with Gasteiger partial charge in [-0.3, -0.25) is 0 Å². The van der Waals surface area contributed by atoms with Crippen molar-refractivity contribution in [3.8, 4) is 0 Å². The summed E-state index contributed by atoms with van der Waals surface area (Å²) in [6, 6.07) is 1.82. The Morgan fingerprint density at radius 3 is 3.00 bits per heavy atom. The summed E-state index contributed by atoms with van der Waals surface area (Å²) >= 11 is 0. The highest BCUT2D eigenvalue weighted by molar-refractivity contribution is 5.75. The second kappa shape index (κ2) is 6.67. The van der Waals surface area contributed by atoms with Gasteiger partial charge in [0.15, 0.2) is 5.82 Å². The van der Waals surface area contributed by atoms with Gasteiger partial charge in [0.1, 0.15) is 6.10 Å². The van der Waals surface area contributed by atoms with Crippen molar-refractivity contribution in [1.29, 1.82) is 0 Å². The van der Waals surface area contributed by atoms with E-state index in [9.17, 15) is 4.79 Å². The number of ether oxygens (including phenoxy) is 2. The first-order chi connectivity index (χ1) is 11.1. The third-order valence-corrected chi connectivity index (χ3v) is 4.31. The van der Waals surface area contributed by atoms with E-state index in [0.717, 1.165) is 23.5 Å². The quantitative estimate of drug-likeness (QED) is 0.846. The van der Waals surface area contributed by atoms with Crippen LogP contribution in [0.5, 0.6) is 0 Å². The zero-order chi connectivity index (χ0) is 16.4. The summed E-state index contributed by atoms with van der Waals surface area (Å²) in [4.78, 5) is 16.2. The molecule has 0 aromatic carbocycles. The number of rotatable bonds is 3. The minimum absolute atomic E-state index is 0.0813. The monoisotopic (exact) mass is 321 g/mol. The highest BCUT2D eigenvalue weighted by Gasteiger charge is 2.31. The van der Waals surface area contributed by atoms with Gasteiger partial charge in [0.2, 0.25) is 0 Å². The normalized spacial score (nSPS) is 23.5. The molecule has 1 aromatic rings. The third kappa shape index (κ3) is 3.37. The van der Waals surface area contributed by atoms with Gasteiger partial charge < -0.3 is 24.6 Å². The van der Waals surface area contributed by atoms with Crippen molar-refractivity contribution in [2.75, 3.05) is 45.9 Å². The first-order valence-electron chi connectivity index (χ1n) is 7.77. The lowest BCUT2D eigenvalue weighted by Crippen LogP contribution is -2.50. The lowest BCUT2D eigenvalue weighted by molar-refractivity contribution is 0.0733. The highest BCUT2D eigenvalue weighted by Crippen LogP contribution is 2.20. The van der Waals surface area contributed by atoms with Crippen molar-refractivity contribution < 1.29 is 14.3 Å².